The molecule has 0 amide bonds. The first-order valence-electron chi connectivity index (χ1n) is 51.5. The minimum absolute atomic E-state index is 0.134. The molecule has 143 heavy (non-hydrogen) atoms. The van der Waals surface area contributed by atoms with Crippen molar-refractivity contribution >= 4 is 86.2 Å². The fourth-order valence-corrected chi connectivity index (χ4v) is 22.3. The summed E-state index contributed by atoms with van der Waals surface area (Å²) in [6.07, 6.45) is 0. The molecule has 0 aromatic heterocycles. The number of benzene rings is 21. The van der Waals surface area contributed by atoms with Gasteiger partial charge in [-0.1, -0.05) is 508 Å². The van der Waals surface area contributed by atoms with Crippen LogP contribution in [0.15, 0.2) is 358 Å². The number of rotatable bonds is 3. The van der Waals surface area contributed by atoms with Gasteiger partial charge in [-0.2, -0.15) is 0 Å². The van der Waals surface area contributed by atoms with Crippen molar-refractivity contribution in [1.82, 2.24) is 0 Å². The maximum atomic E-state index is 2.39. The molecular formula is C143H146. The Morgan fingerprint density at radius 1 is 0.133 bits per heavy atom. The molecule has 21 aromatic carbocycles. The molecular weight excluding hydrogens is 1720 g/mol. The van der Waals surface area contributed by atoms with Crippen molar-refractivity contribution in [3.8, 4) is 55.6 Å². The Labute approximate surface area is 855 Å². The highest BCUT2D eigenvalue weighted by Gasteiger charge is 2.47. The molecule has 718 valence electrons. The first kappa shape index (κ1) is 102. The van der Waals surface area contributed by atoms with Gasteiger partial charge < -0.3 is 0 Å². The van der Waals surface area contributed by atoms with Gasteiger partial charge >= 0.3 is 0 Å². The second-order valence-electron chi connectivity index (χ2n) is 43.9. The van der Waals surface area contributed by atoms with E-state index in [0.29, 0.717) is 0 Å². The van der Waals surface area contributed by atoms with Crippen LogP contribution >= 0.6 is 0 Å². The van der Waals surface area contributed by atoms with E-state index in [1.54, 1.807) is 0 Å². The summed E-state index contributed by atoms with van der Waals surface area (Å²) >= 11 is 0. The Balaban J connectivity index is 0.000000120. The zero-order valence-corrected chi connectivity index (χ0v) is 90.6. The molecule has 2 aliphatic rings. The smallest absolute Gasteiger partial charge is 0.000558 e. The van der Waals surface area contributed by atoms with Crippen LogP contribution in [0.2, 0.25) is 0 Å². The molecule has 0 heteroatoms. The zero-order valence-electron chi connectivity index (χ0n) is 90.6. The van der Waals surface area contributed by atoms with E-state index in [2.05, 4.69) is 559 Å². The Kier molecular flexibility index (Phi) is 29.6. The van der Waals surface area contributed by atoms with Gasteiger partial charge in [0.15, 0.2) is 0 Å². The van der Waals surface area contributed by atoms with Gasteiger partial charge in [0.25, 0.3) is 0 Å². The Morgan fingerprint density at radius 2 is 0.343 bits per heavy atom. The first-order chi connectivity index (χ1) is 68.1. The highest BCUT2D eigenvalue weighted by Crippen LogP contribution is 2.57. The summed E-state index contributed by atoms with van der Waals surface area (Å²) in [5, 5.41) is 21.7. The van der Waals surface area contributed by atoms with Crippen LogP contribution in [-0.2, 0) is 21.7 Å². The van der Waals surface area contributed by atoms with Gasteiger partial charge in [-0.05, 0) is 353 Å². The Hall–Kier alpha value is -14.3. The van der Waals surface area contributed by atoms with E-state index in [4.69, 9.17) is 0 Å². The van der Waals surface area contributed by atoms with Gasteiger partial charge in [0, 0.05) is 0 Å². The Bertz CT molecular complexity index is 7900. The molecule has 0 N–H and O–H groups in total. The minimum Gasteiger partial charge on any atom is -0.0622 e. The number of aryl methyl sites for hydroxylation is 21. The Morgan fingerprint density at radius 3 is 0.629 bits per heavy atom. The lowest BCUT2D eigenvalue weighted by Crippen LogP contribution is -2.43. The van der Waals surface area contributed by atoms with Crippen molar-refractivity contribution in [2.75, 3.05) is 0 Å². The van der Waals surface area contributed by atoms with Crippen LogP contribution in [0.25, 0.3) is 142 Å². The van der Waals surface area contributed by atoms with Crippen LogP contribution < -0.4 is 0 Å². The normalized spacial score (nSPS) is 13.0. The molecule has 0 aliphatic heterocycles. The van der Waals surface area contributed by atoms with E-state index in [0.717, 1.165) is 0 Å². The van der Waals surface area contributed by atoms with Crippen LogP contribution in [-0.4, -0.2) is 0 Å². The van der Waals surface area contributed by atoms with Crippen LogP contribution in [0.5, 0.6) is 0 Å². The molecule has 0 bridgehead atoms. The molecule has 2 aliphatic carbocycles. The fraction of sp³-hybridized carbons (Fsp3) is 0.231. The van der Waals surface area contributed by atoms with Gasteiger partial charge in [0.1, 0.15) is 0 Å². The van der Waals surface area contributed by atoms with Gasteiger partial charge in [-0.3, -0.25) is 0 Å². The molecule has 0 radical (unpaired) electrons. The summed E-state index contributed by atoms with van der Waals surface area (Å²) in [5.41, 5.74) is 48.1. The SMILES string of the molecule is Cc1cc(C)cc(C)c1.Cc1ccc2c(c1)C(C)(C)C(C)(C)c1cc(C)ccc1-2.Cc1ccc2c(c1)C(C)(C)C(C)(C)c1cc(C)ccc1-2.Cc1ccc2c(c1)c(-c1ccccc1)c(-c1ccccc1)c1cc(C)ccc12.Cc1ccc2c(c1)c(C)c(-c1ccccc1)c1cc(C)ccc12.Cc1ccc2c(c1)c(C)c(C)c1cc(C)ccc12.Cc1ccc2c(c1)cc(C)c1cc(C)ccc12.Cc1cccc(C)c1. The topological polar surface area (TPSA) is 0 Å². The lowest BCUT2D eigenvalue weighted by molar-refractivity contribution is 0.299. The molecule has 0 saturated carbocycles. The minimum atomic E-state index is 0.134. The predicted molar refractivity (Wildman–Crippen MR) is 630 cm³/mol. The molecule has 0 spiro atoms. The average molecular weight is 1860 g/mol. The molecule has 0 nitrogen and oxygen atoms in total. The van der Waals surface area contributed by atoms with Crippen molar-refractivity contribution in [2.45, 2.75) is 222 Å². The second-order valence-corrected chi connectivity index (χ2v) is 43.9. The van der Waals surface area contributed by atoms with E-state index in [1.165, 1.54) is 281 Å². The summed E-state index contributed by atoms with van der Waals surface area (Å²) in [7, 11) is 0. The van der Waals surface area contributed by atoms with Crippen LogP contribution in [0.1, 0.15) is 194 Å². The molecule has 21 aromatic rings. The summed E-state index contributed by atoms with van der Waals surface area (Å²) in [6, 6.07) is 132. The summed E-state index contributed by atoms with van der Waals surface area (Å²) in [4.78, 5) is 0. The zero-order chi connectivity index (χ0) is 102. The van der Waals surface area contributed by atoms with Crippen molar-refractivity contribution in [3.63, 3.8) is 0 Å². The van der Waals surface area contributed by atoms with E-state index in [-0.39, 0.29) is 21.7 Å². The maximum Gasteiger partial charge on any atom is -0.000558 e. The summed E-state index contributed by atoms with van der Waals surface area (Å²) < 4.78 is 0. The average Bonchev–Trinajstić information content (AvgIpc) is 0.716. The quantitative estimate of drug-likeness (QED) is 0.155. The number of hydrogen-bond donors (Lipinski definition) is 0. The maximum absolute atomic E-state index is 2.39. The summed E-state index contributed by atoms with van der Waals surface area (Å²) in [5.74, 6) is 0. The van der Waals surface area contributed by atoms with Crippen molar-refractivity contribution in [2.24, 2.45) is 0 Å². The van der Waals surface area contributed by atoms with Crippen LogP contribution in [0.3, 0.4) is 0 Å². The van der Waals surface area contributed by atoms with E-state index in [9.17, 15) is 0 Å². The molecule has 23 rings (SSSR count). The van der Waals surface area contributed by atoms with Gasteiger partial charge in [-0.15, -0.1) is 0 Å². The molecule has 0 fully saturated rings. The third-order valence-corrected chi connectivity index (χ3v) is 31.4. The van der Waals surface area contributed by atoms with Crippen molar-refractivity contribution in [1.29, 1.82) is 0 Å². The largest absolute Gasteiger partial charge is 0.0622 e. The van der Waals surface area contributed by atoms with Crippen LogP contribution in [0.4, 0.5) is 0 Å². The summed E-state index contributed by atoms with van der Waals surface area (Å²) in [6.45, 7) is 64.7. The third kappa shape index (κ3) is 21.0. The lowest BCUT2D eigenvalue weighted by atomic mass is 9.55. The molecule has 0 atom stereocenters. The molecule has 0 unspecified atom stereocenters. The van der Waals surface area contributed by atoms with E-state index in [1.807, 2.05) is 0 Å². The van der Waals surface area contributed by atoms with Gasteiger partial charge in [0.2, 0.25) is 0 Å². The monoisotopic (exact) mass is 1860 g/mol. The number of hydrogen-bond acceptors (Lipinski definition) is 0. The number of fused-ring (bicyclic) bond motifs is 18. The van der Waals surface area contributed by atoms with E-state index < -0.39 is 0 Å². The molecule has 0 heterocycles. The standard InChI is InChI=1S/C28H22.C23H20.2C20H24.C18H18.C17H16.C9H12.C8H10/c1-19-13-15-23-24-16-14-20(2)18-26(24)28(22-11-7-4-8-12-22)27(25(23)17-19)21-9-5-3-6-10-21;1-15-9-11-19-20-12-10-16(2)14-22(20)23(17(3)21(19)13-15)18-7-5-4-6-8-18;2*1-13-7-9-15-16-10-8-14(2)12-18(16)20(5,6)19(3,4)17(15)11-13;1-11-5-7-15-16-8-6-12(2)10-18(16)14(4)13(3)17(15)9-11;1-11-4-6-15-14(8-11)10-13(3)17-9-12(2)5-7-16(15)17;1-7-4-8(2)6-9(3)5-7;1-7-4-3-5-8(2)6-7/h3-18H,1-2H3;4-14H,1-3H3;2*7-12H,1-6H3;5-10H,1-4H3;4-10H,1-3H3;4-6H,1-3H3;3-6H,1-2H3. The van der Waals surface area contributed by atoms with Crippen LogP contribution in [0, 0.1) is 145 Å². The fourth-order valence-electron chi connectivity index (χ4n) is 22.3. The van der Waals surface area contributed by atoms with Crippen molar-refractivity contribution in [3.05, 3.63) is 497 Å². The van der Waals surface area contributed by atoms with Gasteiger partial charge in [0.05, 0.1) is 0 Å². The first-order valence-corrected chi connectivity index (χ1v) is 51.5. The van der Waals surface area contributed by atoms with Crippen molar-refractivity contribution < 1.29 is 0 Å². The predicted octanol–water partition coefficient (Wildman–Crippen LogP) is 40.7. The second kappa shape index (κ2) is 41.7. The van der Waals surface area contributed by atoms with Gasteiger partial charge in [-0.25, -0.2) is 0 Å². The highest BCUT2D eigenvalue weighted by atomic mass is 14.5. The highest BCUT2D eigenvalue weighted by molar-refractivity contribution is 6.22. The third-order valence-electron chi connectivity index (χ3n) is 31.4. The molecule has 0 saturated heterocycles. The lowest BCUT2D eigenvalue weighted by Gasteiger charge is -2.48. The van der Waals surface area contributed by atoms with E-state index >= 15 is 0 Å².